The lowest BCUT2D eigenvalue weighted by Crippen LogP contribution is -2.31. The zero-order chi connectivity index (χ0) is 11.6. The summed E-state index contributed by atoms with van der Waals surface area (Å²) < 4.78 is 38.5. The Kier molecular flexibility index (Phi) is 3.78. The minimum Gasteiger partial charge on any atom is -0.306 e. The first-order valence-corrected chi connectivity index (χ1v) is 5.15. The van der Waals surface area contributed by atoms with Gasteiger partial charge in [0.05, 0.1) is 0 Å². The molecule has 15 heavy (non-hydrogen) atoms. The summed E-state index contributed by atoms with van der Waals surface area (Å²) in [5, 5.41) is 2.26. The van der Waals surface area contributed by atoms with E-state index in [0.29, 0.717) is 0 Å². The van der Waals surface area contributed by atoms with Crippen molar-refractivity contribution in [2.24, 2.45) is 0 Å². The molecule has 0 spiro atoms. The minimum atomic E-state index is -4.27. The molecule has 5 heteroatoms. The molecule has 1 aromatic carbocycles. The Morgan fingerprint density at radius 2 is 1.93 bits per heavy atom. The van der Waals surface area contributed by atoms with Crippen LogP contribution < -0.4 is 5.32 Å². The molecule has 0 unspecified atom stereocenters. The van der Waals surface area contributed by atoms with E-state index in [1.165, 1.54) is 19.2 Å². The van der Waals surface area contributed by atoms with Gasteiger partial charge in [-0.05, 0) is 31.2 Å². The summed E-state index contributed by atoms with van der Waals surface area (Å²) in [5.74, 6) is 0. The van der Waals surface area contributed by atoms with Crippen molar-refractivity contribution in [1.29, 1.82) is 0 Å². The molecule has 0 radical (unpaired) electrons. The van der Waals surface area contributed by atoms with Gasteiger partial charge in [0.1, 0.15) is 6.04 Å². The molecule has 0 fully saturated rings. The lowest BCUT2D eigenvalue weighted by Gasteiger charge is -2.20. The van der Waals surface area contributed by atoms with Gasteiger partial charge in [-0.3, -0.25) is 0 Å². The van der Waals surface area contributed by atoms with Gasteiger partial charge in [0.15, 0.2) is 0 Å². The number of halogens is 4. The standard InChI is InChI=1S/C10H11BrF3N/c1-6-5-7(3-4-8(6)11)9(15-2)10(12,13)14/h3-5,9,15H,1-2H3/t9-/m0/s1. The topological polar surface area (TPSA) is 12.0 Å². The number of alkyl halides is 3. The summed E-state index contributed by atoms with van der Waals surface area (Å²) in [6.07, 6.45) is -4.27. The number of hydrogen-bond acceptors (Lipinski definition) is 1. The van der Waals surface area contributed by atoms with Crippen molar-refractivity contribution in [2.45, 2.75) is 19.1 Å². The quantitative estimate of drug-likeness (QED) is 0.874. The lowest BCUT2D eigenvalue weighted by atomic mass is 10.0. The average molecular weight is 282 g/mol. The summed E-state index contributed by atoms with van der Waals surface area (Å²) >= 11 is 3.25. The second-order valence-corrected chi connectivity index (χ2v) is 4.13. The molecular formula is C10H11BrF3N. The van der Waals surface area contributed by atoms with E-state index in [0.717, 1.165) is 10.0 Å². The molecule has 0 heterocycles. The van der Waals surface area contributed by atoms with Gasteiger partial charge in [0.25, 0.3) is 0 Å². The van der Waals surface area contributed by atoms with Crippen molar-refractivity contribution in [1.82, 2.24) is 5.32 Å². The van der Waals surface area contributed by atoms with Crippen LogP contribution in [-0.4, -0.2) is 13.2 Å². The van der Waals surface area contributed by atoms with Crippen LogP contribution in [0.2, 0.25) is 0 Å². The van der Waals surface area contributed by atoms with Gasteiger partial charge >= 0.3 is 6.18 Å². The number of nitrogens with one attached hydrogen (secondary N) is 1. The molecule has 1 nitrogen and oxygen atoms in total. The second kappa shape index (κ2) is 4.53. The molecule has 0 saturated carbocycles. The average Bonchev–Trinajstić information content (AvgIpc) is 2.10. The largest absolute Gasteiger partial charge is 0.407 e. The fourth-order valence-electron chi connectivity index (χ4n) is 1.37. The van der Waals surface area contributed by atoms with E-state index in [9.17, 15) is 13.2 Å². The molecule has 84 valence electrons. The van der Waals surface area contributed by atoms with E-state index in [1.54, 1.807) is 13.0 Å². The molecule has 0 amide bonds. The molecule has 0 saturated heterocycles. The van der Waals surface area contributed by atoms with Crippen molar-refractivity contribution in [3.63, 3.8) is 0 Å². The van der Waals surface area contributed by atoms with Crippen LogP contribution in [0.3, 0.4) is 0 Å². The highest BCUT2D eigenvalue weighted by molar-refractivity contribution is 9.10. The van der Waals surface area contributed by atoms with Gasteiger partial charge < -0.3 is 5.32 Å². The van der Waals surface area contributed by atoms with Crippen LogP contribution in [0, 0.1) is 6.92 Å². The summed E-state index contributed by atoms with van der Waals surface area (Å²) in [6, 6.07) is 3.01. The molecule has 0 aliphatic heterocycles. The van der Waals surface area contributed by atoms with E-state index in [4.69, 9.17) is 0 Å². The predicted octanol–water partition coefficient (Wildman–Crippen LogP) is 3.58. The van der Waals surface area contributed by atoms with E-state index in [2.05, 4.69) is 21.2 Å². The zero-order valence-electron chi connectivity index (χ0n) is 8.32. The summed E-state index contributed by atoms with van der Waals surface area (Å²) in [7, 11) is 1.30. The van der Waals surface area contributed by atoms with Gasteiger partial charge in [-0.2, -0.15) is 13.2 Å². The molecule has 1 atom stereocenters. The smallest absolute Gasteiger partial charge is 0.306 e. The van der Waals surface area contributed by atoms with Crippen LogP contribution in [0.25, 0.3) is 0 Å². The SMILES string of the molecule is CN[C@@H](c1ccc(Br)c(C)c1)C(F)(F)F. The number of rotatable bonds is 2. The number of benzene rings is 1. The normalized spacial score (nSPS) is 14.0. The summed E-state index contributed by atoms with van der Waals surface area (Å²) in [5.41, 5.74) is 1.02. The first-order valence-electron chi connectivity index (χ1n) is 4.36. The maximum Gasteiger partial charge on any atom is 0.407 e. The zero-order valence-corrected chi connectivity index (χ0v) is 9.91. The fourth-order valence-corrected chi connectivity index (χ4v) is 1.61. The number of aryl methyl sites for hydroxylation is 1. The third kappa shape index (κ3) is 2.95. The van der Waals surface area contributed by atoms with Crippen molar-refractivity contribution >= 4 is 15.9 Å². The van der Waals surface area contributed by atoms with E-state index < -0.39 is 12.2 Å². The fraction of sp³-hybridized carbons (Fsp3) is 0.400. The molecule has 0 aromatic heterocycles. The maximum absolute atomic E-state index is 12.6. The van der Waals surface area contributed by atoms with Gasteiger partial charge in [0, 0.05) is 4.47 Å². The van der Waals surface area contributed by atoms with Crippen LogP contribution in [0.4, 0.5) is 13.2 Å². The Morgan fingerprint density at radius 3 is 2.33 bits per heavy atom. The first kappa shape index (κ1) is 12.5. The molecule has 0 bridgehead atoms. The Morgan fingerprint density at radius 1 is 1.33 bits per heavy atom. The lowest BCUT2D eigenvalue weighted by molar-refractivity contribution is -0.156. The van der Waals surface area contributed by atoms with E-state index in [-0.39, 0.29) is 5.56 Å². The molecular weight excluding hydrogens is 271 g/mol. The Hall–Kier alpha value is -0.550. The van der Waals surface area contributed by atoms with E-state index in [1.807, 2.05) is 0 Å². The van der Waals surface area contributed by atoms with Gasteiger partial charge in [-0.25, -0.2) is 0 Å². The maximum atomic E-state index is 12.6. The molecule has 1 N–H and O–H groups in total. The Bertz CT molecular complexity index is 349. The highest BCUT2D eigenvalue weighted by atomic mass is 79.9. The van der Waals surface area contributed by atoms with Crippen LogP contribution in [0.5, 0.6) is 0 Å². The van der Waals surface area contributed by atoms with Crippen LogP contribution >= 0.6 is 15.9 Å². The van der Waals surface area contributed by atoms with Gasteiger partial charge in [0.2, 0.25) is 0 Å². The highest BCUT2D eigenvalue weighted by Crippen LogP contribution is 2.33. The van der Waals surface area contributed by atoms with E-state index >= 15 is 0 Å². The van der Waals surface area contributed by atoms with Gasteiger partial charge in [-0.1, -0.05) is 28.1 Å². The van der Waals surface area contributed by atoms with Crippen molar-refractivity contribution in [3.8, 4) is 0 Å². The van der Waals surface area contributed by atoms with Crippen molar-refractivity contribution in [2.75, 3.05) is 7.05 Å². The monoisotopic (exact) mass is 281 g/mol. The summed E-state index contributed by atoms with van der Waals surface area (Å²) in [6.45, 7) is 1.76. The molecule has 0 aliphatic rings. The summed E-state index contributed by atoms with van der Waals surface area (Å²) in [4.78, 5) is 0. The minimum absolute atomic E-state index is 0.228. The molecule has 1 aromatic rings. The Labute approximate surface area is 94.8 Å². The van der Waals surface area contributed by atoms with Crippen molar-refractivity contribution in [3.05, 3.63) is 33.8 Å². The first-order chi connectivity index (χ1) is 6.86. The number of hydrogen-bond donors (Lipinski definition) is 1. The third-order valence-electron chi connectivity index (χ3n) is 2.13. The van der Waals surface area contributed by atoms with Crippen molar-refractivity contribution < 1.29 is 13.2 Å². The van der Waals surface area contributed by atoms with Crippen LogP contribution in [0.1, 0.15) is 17.2 Å². The van der Waals surface area contributed by atoms with Crippen LogP contribution in [0.15, 0.2) is 22.7 Å². The predicted molar refractivity (Wildman–Crippen MR) is 56.7 cm³/mol. The Balaban J connectivity index is 3.08. The highest BCUT2D eigenvalue weighted by Gasteiger charge is 2.39. The van der Waals surface area contributed by atoms with Gasteiger partial charge in [-0.15, -0.1) is 0 Å². The molecule has 0 aliphatic carbocycles. The second-order valence-electron chi connectivity index (χ2n) is 3.27. The molecule has 1 rings (SSSR count). The third-order valence-corrected chi connectivity index (χ3v) is 3.02. The van der Waals surface area contributed by atoms with Crippen LogP contribution in [-0.2, 0) is 0 Å².